The first-order valence-electron chi connectivity index (χ1n) is 14.7. The van der Waals surface area contributed by atoms with E-state index in [9.17, 15) is 0 Å². The lowest BCUT2D eigenvalue weighted by atomic mass is 10.1. The molecule has 0 saturated carbocycles. The number of hydrogen-bond donors (Lipinski definition) is 0. The van der Waals surface area contributed by atoms with Crippen molar-refractivity contribution in [3.8, 4) is 10.4 Å². The van der Waals surface area contributed by atoms with Crippen LogP contribution in [0.5, 0.6) is 0 Å². The quantitative estimate of drug-likeness (QED) is 0.0886. The van der Waals surface area contributed by atoms with Crippen molar-refractivity contribution in [3.05, 3.63) is 87.9 Å². The molecule has 5 aromatic rings. The topological polar surface area (TPSA) is 0 Å². The van der Waals surface area contributed by atoms with Crippen LogP contribution in [-0.4, -0.2) is 0 Å². The molecular formula is C34H38Br2S4. The highest BCUT2D eigenvalue weighted by Gasteiger charge is 2.14. The largest absolute Gasteiger partial charge is 0.144 e. The van der Waals surface area contributed by atoms with Gasteiger partial charge in [0, 0.05) is 60.4 Å². The molecule has 0 radical (unpaired) electrons. The maximum absolute atomic E-state index is 3.87. The number of halogens is 2. The zero-order valence-electron chi connectivity index (χ0n) is 23.3. The fraction of sp³-hybridized carbons (Fsp3) is 0.412. The smallest absolute Gasteiger partial charge is 0.0456 e. The molecule has 4 heterocycles. The summed E-state index contributed by atoms with van der Waals surface area (Å²) >= 11 is 15.5. The van der Waals surface area contributed by atoms with Crippen LogP contribution in [0.4, 0.5) is 0 Å². The minimum Gasteiger partial charge on any atom is -0.144 e. The van der Waals surface area contributed by atoms with Crippen LogP contribution in [0, 0.1) is 0 Å². The number of fused-ring (bicyclic) bond motifs is 1. The molecule has 0 atom stereocenters. The minimum atomic E-state index is 0.998. The number of thiophene rings is 4. The Bertz CT molecular complexity index is 1440. The molecule has 6 heteroatoms. The van der Waals surface area contributed by atoms with Crippen LogP contribution in [0.15, 0.2) is 63.5 Å². The van der Waals surface area contributed by atoms with Gasteiger partial charge < -0.3 is 0 Å². The Morgan fingerprint density at radius 3 is 1.73 bits per heavy atom. The average molecular weight is 735 g/mol. The van der Waals surface area contributed by atoms with E-state index < -0.39 is 0 Å². The molecule has 0 aliphatic rings. The lowest BCUT2D eigenvalue weighted by Crippen LogP contribution is -1.84. The molecule has 4 aromatic heterocycles. The van der Waals surface area contributed by atoms with Crippen molar-refractivity contribution in [2.75, 3.05) is 0 Å². The highest BCUT2D eigenvalue weighted by Crippen LogP contribution is 2.40. The van der Waals surface area contributed by atoms with Gasteiger partial charge in [-0.2, -0.15) is 0 Å². The van der Waals surface area contributed by atoms with Crippen molar-refractivity contribution >= 4 is 86.6 Å². The maximum Gasteiger partial charge on any atom is 0.0456 e. The van der Waals surface area contributed by atoms with E-state index in [-0.39, 0.29) is 0 Å². The summed E-state index contributed by atoms with van der Waals surface area (Å²) in [5.74, 6) is 0. The summed E-state index contributed by atoms with van der Waals surface area (Å²) in [5, 5.41) is 0. The Morgan fingerprint density at radius 1 is 0.550 bits per heavy atom. The predicted molar refractivity (Wildman–Crippen MR) is 190 cm³/mol. The molecule has 0 aliphatic heterocycles. The fourth-order valence-electron chi connectivity index (χ4n) is 5.19. The summed E-state index contributed by atoms with van der Waals surface area (Å²) < 4.78 is 5.40. The Hall–Kier alpha value is -0.760. The van der Waals surface area contributed by atoms with Gasteiger partial charge in [0.2, 0.25) is 0 Å². The van der Waals surface area contributed by atoms with Gasteiger partial charge in [-0.15, -0.1) is 45.3 Å². The van der Waals surface area contributed by atoms with E-state index in [1.54, 1.807) is 4.88 Å². The molecular weight excluding hydrogens is 696 g/mol. The van der Waals surface area contributed by atoms with Crippen molar-refractivity contribution in [3.63, 3.8) is 0 Å². The lowest BCUT2D eigenvalue weighted by molar-refractivity contribution is 0.557. The number of benzene rings is 1. The van der Waals surface area contributed by atoms with E-state index in [1.165, 1.54) is 119 Å². The van der Waals surface area contributed by atoms with E-state index in [2.05, 4.69) is 93.4 Å². The van der Waals surface area contributed by atoms with Crippen LogP contribution in [0.2, 0.25) is 0 Å². The Kier molecular flexibility index (Phi) is 12.0. The Labute approximate surface area is 273 Å². The first-order chi connectivity index (χ1) is 19.6. The molecule has 212 valence electrons. The fourth-order valence-corrected chi connectivity index (χ4v) is 11.6. The van der Waals surface area contributed by atoms with Gasteiger partial charge in [-0.25, -0.2) is 0 Å². The second-order valence-electron chi connectivity index (χ2n) is 10.7. The van der Waals surface area contributed by atoms with Gasteiger partial charge in [0.05, 0.1) is 0 Å². The van der Waals surface area contributed by atoms with Gasteiger partial charge in [0.25, 0.3) is 0 Å². The second kappa shape index (κ2) is 15.6. The lowest BCUT2D eigenvalue weighted by Gasteiger charge is -2.02. The van der Waals surface area contributed by atoms with Crippen LogP contribution in [-0.2, 0) is 19.3 Å². The molecule has 0 spiro atoms. The normalized spacial score (nSPS) is 11.7. The zero-order chi connectivity index (χ0) is 27.7. The van der Waals surface area contributed by atoms with Crippen LogP contribution < -0.4 is 0 Å². The van der Waals surface area contributed by atoms with Crippen LogP contribution in [0.25, 0.3) is 19.8 Å². The molecule has 40 heavy (non-hydrogen) atoms. The number of hydrogen-bond acceptors (Lipinski definition) is 4. The maximum atomic E-state index is 3.87. The summed E-state index contributed by atoms with van der Waals surface area (Å²) in [7, 11) is 0. The number of unbranched alkanes of at least 4 members (excludes halogenated alkanes) is 9. The van der Waals surface area contributed by atoms with E-state index in [0.29, 0.717) is 0 Å². The summed E-state index contributed by atoms with van der Waals surface area (Å²) in [6, 6.07) is 20.2. The van der Waals surface area contributed by atoms with Gasteiger partial charge in [0.15, 0.2) is 0 Å². The molecule has 0 bridgehead atoms. The van der Waals surface area contributed by atoms with Crippen molar-refractivity contribution in [2.24, 2.45) is 0 Å². The SMILES string of the molecule is CCCCCCCCCCCCc1cc(Br)c(Cc2cc3sc(Cc4sc(-c5ccccc5)cc4Br)cc3s2)s1. The zero-order valence-corrected chi connectivity index (χ0v) is 29.7. The molecule has 0 N–H and O–H groups in total. The molecule has 0 aliphatic carbocycles. The van der Waals surface area contributed by atoms with Crippen LogP contribution in [0.1, 0.15) is 95.5 Å². The minimum absolute atomic E-state index is 0.998. The monoisotopic (exact) mass is 732 g/mol. The second-order valence-corrected chi connectivity index (χ2v) is 17.1. The summed E-state index contributed by atoms with van der Waals surface area (Å²) in [4.78, 5) is 8.68. The molecule has 5 rings (SSSR count). The van der Waals surface area contributed by atoms with Gasteiger partial charge in [0.1, 0.15) is 0 Å². The first kappa shape index (κ1) is 30.7. The van der Waals surface area contributed by atoms with E-state index in [0.717, 1.165) is 12.8 Å². The standard InChI is InChI=1S/C34H38Br2S4/c1-2-3-4-5-6-7-8-9-10-14-17-25-18-28(35)31(37-25)19-26-21-33-34(38-26)22-27(39-33)20-32-29(36)23-30(40-32)24-15-12-11-13-16-24/h11-13,15-16,18,21-23H,2-10,14,17,19-20H2,1H3. The predicted octanol–water partition coefficient (Wildman–Crippen LogP) is 13.9. The first-order valence-corrected chi connectivity index (χ1v) is 19.6. The van der Waals surface area contributed by atoms with Crippen molar-refractivity contribution in [2.45, 2.75) is 90.4 Å². The summed E-state index contributed by atoms with van der Waals surface area (Å²) in [5.41, 5.74) is 1.29. The third-order valence-electron chi connectivity index (χ3n) is 7.38. The summed E-state index contributed by atoms with van der Waals surface area (Å²) in [6.45, 7) is 2.29. The third kappa shape index (κ3) is 8.64. The summed E-state index contributed by atoms with van der Waals surface area (Å²) in [6.07, 6.45) is 17.3. The molecule has 0 amide bonds. The van der Waals surface area contributed by atoms with E-state index >= 15 is 0 Å². The van der Waals surface area contributed by atoms with Crippen LogP contribution in [0.3, 0.4) is 0 Å². The average Bonchev–Trinajstić information content (AvgIpc) is 3.70. The Balaban J connectivity index is 1.10. The Morgan fingerprint density at radius 2 is 1.10 bits per heavy atom. The van der Waals surface area contributed by atoms with Crippen molar-refractivity contribution in [1.29, 1.82) is 0 Å². The molecule has 0 nitrogen and oxygen atoms in total. The highest BCUT2D eigenvalue weighted by molar-refractivity contribution is 9.10. The van der Waals surface area contributed by atoms with E-state index in [4.69, 9.17) is 0 Å². The molecule has 0 unspecified atom stereocenters. The van der Waals surface area contributed by atoms with E-state index in [1.807, 2.05) is 45.3 Å². The molecule has 0 fully saturated rings. The molecule has 1 aromatic carbocycles. The number of rotatable bonds is 16. The van der Waals surface area contributed by atoms with Gasteiger partial charge in [-0.05, 0) is 74.5 Å². The number of aryl methyl sites for hydroxylation is 1. The molecule has 0 saturated heterocycles. The van der Waals surface area contributed by atoms with Gasteiger partial charge in [-0.1, -0.05) is 95.0 Å². The highest BCUT2D eigenvalue weighted by atomic mass is 79.9. The van der Waals surface area contributed by atoms with Crippen molar-refractivity contribution in [1.82, 2.24) is 0 Å². The van der Waals surface area contributed by atoms with Crippen molar-refractivity contribution < 1.29 is 0 Å². The third-order valence-corrected chi connectivity index (χ3v) is 14.0. The van der Waals surface area contributed by atoms with Crippen LogP contribution >= 0.6 is 77.2 Å². The van der Waals surface area contributed by atoms with Gasteiger partial charge in [-0.3, -0.25) is 0 Å². The van der Waals surface area contributed by atoms with Gasteiger partial charge >= 0.3 is 0 Å².